The van der Waals surface area contributed by atoms with Crippen molar-refractivity contribution < 1.29 is 22.5 Å². The molecular formula is C12H12N2O5S. The molecule has 1 aromatic carbocycles. The highest BCUT2D eigenvalue weighted by molar-refractivity contribution is 7.85. The Morgan fingerprint density at radius 1 is 1.35 bits per heavy atom. The highest BCUT2D eigenvalue weighted by Gasteiger charge is 2.24. The molecule has 0 saturated carbocycles. The number of hydrogen-bond acceptors (Lipinski definition) is 5. The van der Waals surface area contributed by atoms with Crippen LogP contribution in [0.5, 0.6) is 0 Å². The molecule has 0 atom stereocenters. The molecule has 1 N–H and O–H groups in total. The predicted octanol–water partition coefficient (Wildman–Crippen LogP) is 0.965. The largest absolute Gasteiger partial charge is 0.464 e. The summed E-state index contributed by atoms with van der Waals surface area (Å²) in [5.41, 5.74) is 0.699. The lowest BCUT2D eigenvalue weighted by molar-refractivity contribution is 0.0588. The van der Waals surface area contributed by atoms with Gasteiger partial charge in [0.25, 0.3) is 5.16 Å². The summed E-state index contributed by atoms with van der Waals surface area (Å²) >= 11 is 0. The van der Waals surface area contributed by atoms with Crippen LogP contribution in [0, 0.1) is 0 Å². The molecule has 0 aliphatic rings. The highest BCUT2D eigenvalue weighted by Crippen LogP contribution is 2.15. The summed E-state index contributed by atoms with van der Waals surface area (Å²) in [7, 11) is -3.35. The zero-order valence-electron chi connectivity index (χ0n) is 10.6. The van der Waals surface area contributed by atoms with E-state index in [1.165, 1.54) is 7.11 Å². The third kappa shape index (κ3) is 2.86. The SMILES string of the molecule is COC(=O)c1cnc(S(=O)(=O)O)n1Cc1ccccc1. The second-order valence-corrected chi connectivity index (χ2v) is 5.28. The molecule has 1 aromatic heterocycles. The fraction of sp³-hybridized carbons (Fsp3) is 0.167. The number of carbonyl (C=O) groups excluding carboxylic acids is 1. The van der Waals surface area contributed by atoms with Crippen molar-refractivity contribution in [3.63, 3.8) is 0 Å². The Kier molecular flexibility index (Phi) is 3.86. The molecule has 0 amide bonds. The molecule has 8 heteroatoms. The van der Waals surface area contributed by atoms with Crippen LogP contribution in [0.25, 0.3) is 0 Å². The van der Waals surface area contributed by atoms with Crippen LogP contribution in [-0.2, 0) is 21.4 Å². The number of benzene rings is 1. The minimum Gasteiger partial charge on any atom is -0.464 e. The minimum atomic E-state index is -4.53. The van der Waals surface area contributed by atoms with E-state index in [1.54, 1.807) is 24.3 Å². The quantitative estimate of drug-likeness (QED) is 0.666. The Morgan fingerprint density at radius 3 is 2.55 bits per heavy atom. The zero-order valence-corrected chi connectivity index (χ0v) is 11.4. The lowest BCUT2D eigenvalue weighted by Gasteiger charge is -2.09. The Morgan fingerprint density at radius 2 is 2.00 bits per heavy atom. The summed E-state index contributed by atoms with van der Waals surface area (Å²) in [6.45, 7) is 0.0698. The smallest absolute Gasteiger partial charge is 0.356 e. The van der Waals surface area contributed by atoms with Gasteiger partial charge in [0.1, 0.15) is 5.69 Å². The third-order valence-corrected chi connectivity index (χ3v) is 3.41. The maximum Gasteiger partial charge on any atom is 0.356 e. The number of esters is 1. The van der Waals surface area contributed by atoms with Crippen molar-refractivity contribution in [2.45, 2.75) is 11.7 Å². The maximum absolute atomic E-state index is 11.6. The summed E-state index contributed by atoms with van der Waals surface area (Å²) in [5.74, 6) is -0.733. The Bertz CT molecular complexity index is 722. The lowest BCUT2D eigenvalue weighted by Crippen LogP contribution is -2.16. The average molecular weight is 296 g/mol. The Hall–Kier alpha value is -2.19. The molecule has 0 aliphatic heterocycles. The van der Waals surface area contributed by atoms with Gasteiger partial charge in [-0.05, 0) is 5.56 Å². The predicted molar refractivity (Wildman–Crippen MR) is 68.9 cm³/mol. The molecule has 0 fully saturated rings. The Balaban J connectivity index is 2.53. The van der Waals surface area contributed by atoms with Gasteiger partial charge in [-0.3, -0.25) is 4.55 Å². The lowest BCUT2D eigenvalue weighted by atomic mass is 10.2. The molecule has 106 valence electrons. The topological polar surface area (TPSA) is 98.5 Å². The van der Waals surface area contributed by atoms with Gasteiger partial charge in [-0.2, -0.15) is 8.42 Å². The van der Waals surface area contributed by atoms with Crippen LogP contribution in [0.3, 0.4) is 0 Å². The van der Waals surface area contributed by atoms with E-state index in [4.69, 9.17) is 4.55 Å². The summed E-state index contributed by atoms with van der Waals surface area (Å²) in [4.78, 5) is 15.2. The van der Waals surface area contributed by atoms with Crippen molar-refractivity contribution in [1.29, 1.82) is 0 Å². The molecular weight excluding hydrogens is 284 g/mol. The number of carbonyl (C=O) groups is 1. The van der Waals surface area contributed by atoms with E-state index in [1.807, 2.05) is 6.07 Å². The molecule has 0 aliphatic carbocycles. The molecule has 0 radical (unpaired) electrons. The van der Waals surface area contributed by atoms with Gasteiger partial charge in [-0.25, -0.2) is 9.78 Å². The van der Waals surface area contributed by atoms with Crippen LogP contribution in [0.4, 0.5) is 0 Å². The summed E-state index contributed by atoms with van der Waals surface area (Å²) < 4.78 is 37.4. The second-order valence-electron chi connectivity index (χ2n) is 3.96. The van der Waals surface area contributed by atoms with Gasteiger partial charge < -0.3 is 9.30 Å². The molecule has 20 heavy (non-hydrogen) atoms. The van der Waals surface area contributed by atoms with E-state index < -0.39 is 21.2 Å². The molecule has 0 saturated heterocycles. The first-order valence-corrected chi connectivity index (χ1v) is 7.02. The van der Waals surface area contributed by atoms with Gasteiger partial charge in [0, 0.05) is 0 Å². The first kappa shape index (κ1) is 14.2. The van der Waals surface area contributed by atoms with E-state index in [-0.39, 0.29) is 12.2 Å². The zero-order chi connectivity index (χ0) is 14.8. The van der Waals surface area contributed by atoms with Crippen molar-refractivity contribution in [1.82, 2.24) is 9.55 Å². The van der Waals surface area contributed by atoms with E-state index in [2.05, 4.69) is 9.72 Å². The molecule has 1 heterocycles. The van der Waals surface area contributed by atoms with E-state index in [9.17, 15) is 13.2 Å². The van der Waals surface area contributed by atoms with Crippen LogP contribution >= 0.6 is 0 Å². The molecule has 0 spiro atoms. The number of nitrogens with zero attached hydrogens (tertiary/aromatic N) is 2. The van der Waals surface area contributed by atoms with Crippen LogP contribution < -0.4 is 0 Å². The van der Waals surface area contributed by atoms with Crippen molar-refractivity contribution in [2.24, 2.45) is 0 Å². The first-order chi connectivity index (χ1) is 9.43. The fourth-order valence-corrected chi connectivity index (χ4v) is 2.38. The molecule has 2 aromatic rings. The summed E-state index contributed by atoms with van der Waals surface area (Å²) in [6.07, 6.45) is 1.05. The van der Waals surface area contributed by atoms with Crippen LogP contribution in [-0.4, -0.2) is 35.6 Å². The fourth-order valence-electron chi connectivity index (χ4n) is 1.75. The second kappa shape index (κ2) is 5.43. The summed E-state index contributed by atoms with van der Waals surface area (Å²) in [5, 5.41) is -0.596. The van der Waals surface area contributed by atoms with Crippen LogP contribution in [0.1, 0.15) is 16.1 Å². The number of hydrogen-bond donors (Lipinski definition) is 1. The monoisotopic (exact) mass is 296 g/mol. The van der Waals surface area contributed by atoms with Crippen LogP contribution in [0.2, 0.25) is 0 Å². The van der Waals surface area contributed by atoms with Crippen molar-refractivity contribution >= 4 is 16.1 Å². The average Bonchev–Trinajstić information content (AvgIpc) is 2.82. The van der Waals surface area contributed by atoms with Gasteiger partial charge in [0.15, 0.2) is 0 Å². The van der Waals surface area contributed by atoms with Gasteiger partial charge in [-0.1, -0.05) is 30.3 Å². The number of imidazole rings is 1. The van der Waals surface area contributed by atoms with Gasteiger partial charge in [-0.15, -0.1) is 0 Å². The molecule has 0 bridgehead atoms. The number of aromatic nitrogens is 2. The minimum absolute atomic E-state index is 0.0519. The normalized spacial score (nSPS) is 11.3. The number of methoxy groups -OCH3 is 1. The van der Waals surface area contributed by atoms with Gasteiger partial charge in [0.05, 0.1) is 19.9 Å². The van der Waals surface area contributed by atoms with Gasteiger partial charge in [0.2, 0.25) is 0 Å². The standard InChI is InChI=1S/C12H12N2O5S/c1-19-11(15)10-7-13-12(20(16,17)18)14(10)8-9-5-3-2-4-6-9/h2-7H,8H2,1H3,(H,16,17,18). The van der Waals surface area contributed by atoms with E-state index >= 15 is 0 Å². The highest BCUT2D eigenvalue weighted by atomic mass is 32.2. The molecule has 7 nitrogen and oxygen atoms in total. The molecule has 0 unspecified atom stereocenters. The van der Waals surface area contributed by atoms with E-state index in [0.29, 0.717) is 0 Å². The first-order valence-electron chi connectivity index (χ1n) is 5.58. The van der Waals surface area contributed by atoms with E-state index in [0.717, 1.165) is 16.3 Å². The number of ether oxygens (including phenoxy) is 1. The van der Waals surface area contributed by atoms with Crippen LogP contribution in [0.15, 0.2) is 41.7 Å². The van der Waals surface area contributed by atoms with Crippen molar-refractivity contribution in [3.8, 4) is 0 Å². The van der Waals surface area contributed by atoms with Crippen molar-refractivity contribution in [3.05, 3.63) is 47.8 Å². The van der Waals surface area contributed by atoms with Crippen molar-refractivity contribution in [2.75, 3.05) is 7.11 Å². The molecule has 2 rings (SSSR count). The summed E-state index contributed by atoms with van der Waals surface area (Å²) in [6, 6.07) is 8.88. The van der Waals surface area contributed by atoms with Gasteiger partial charge >= 0.3 is 16.1 Å². The number of rotatable bonds is 4. The maximum atomic E-state index is 11.6. The third-order valence-electron chi connectivity index (χ3n) is 2.63. The Labute approximate surface area is 115 Å².